The summed E-state index contributed by atoms with van der Waals surface area (Å²) in [6, 6.07) is 18.0. The Kier molecular flexibility index (Phi) is 10.2. The van der Waals surface area contributed by atoms with Crippen LogP contribution in [-0.2, 0) is 16.7 Å². The van der Waals surface area contributed by atoms with Gasteiger partial charge in [-0.05, 0) is 84.9 Å². The number of morpholine rings is 1. The Balaban J connectivity index is 1.17. The molecule has 2 amide bonds. The minimum Gasteiger partial charge on any atom is -0.484 e. The molecule has 4 N–H and O–H groups in total. The van der Waals surface area contributed by atoms with E-state index in [1.807, 2.05) is 18.2 Å². The summed E-state index contributed by atoms with van der Waals surface area (Å²) in [5, 5.41) is 23.9. The molecule has 0 unspecified atom stereocenters. The average molecular weight is 654 g/mol. The highest BCUT2D eigenvalue weighted by atomic mass is 16.5. The van der Waals surface area contributed by atoms with Crippen LogP contribution in [0.3, 0.4) is 0 Å². The number of hydrogen-bond acceptors (Lipinski definition) is 6. The lowest BCUT2D eigenvalue weighted by molar-refractivity contribution is 0.0342. The fraction of sp³-hybridized carbons (Fsp3) is 0.500. The van der Waals surface area contributed by atoms with Crippen molar-refractivity contribution in [3.05, 3.63) is 88.5 Å². The normalized spacial score (nSPS) is 21.7. The van der Waals surface area contributed by atoms with Crippen LogP contribution in [0.4, 0.5) is 10.5 Å². The first-order chi connectivity index (χ1) is 23.1. The molecule has 3 aromatic rings. The molecule has 0 saturated carbocycles. The first kappa shape index (κ1) is 33.7. The Morgan fingerprint density at radius 1 is 0.979 bits per heavy atom. The minimum absolute atomic E-state index is 0.0474. The van der Waals surface area contributed by atoms with Crippen molar-refractivity contribution in [2.24, 2.45) is 0 Å². The molecule has 0 spiro atoms. The van der Waals surface area contributed by atoms with Crippen LogP contribution in [0.15, 0.2) is 60.8 Å². The van der Waals surface area contributed by atoms with Gasteiger partial charge in [-0.25, -0.2) is 4.79 Å². The third-order valence-corrected chi connectivity index (χ3v) is 9.97. The van der Waals surface area contributed by atoms with Gasteiger partial charge in [-0.3, -0.25) is 20.3 Å². The number of carbonyl (C=O) groups excluding carboxylic acids is 1. The van der Waals surface area contributed by atoms with Gasteiger partial charge in [0, 0.05) is 37.9 Å². The van der Waals surface area contributed by atoms with E-state index in [1.54, 1.807) is 16.8 Å². The smallest absolute Gasteiger partial charge is 0.319 e. The van der Waals surface area contributed by atoms with Crippen molar-refractivity contribution in [1.82, 2.24) is 19.7 Å². The summed E-state index contributed by atoms with van der Waals surface area (Å²) < 4.78 is 13.7. The van der Waals surface area contributed by atoms with E-state index >= 15 is 0 Å². The van der Waals surface area contributed by atoms with E-state index < -0.39 is 0 Å². The van der Waals surface area contributed by atoms with Crippen LogP contribution in [0.25, 0.3) is 0 Å². The number of nitrogens with one attached hydrogen (secondary N) is 4. The first-order valence-electron chi connectivity index (χ1n) is 17.5. The number of benzene rings is 2. The zero-order valence-corrected chi connectivity index (χ0v) is 28.9. The second kappa shape index (κ2) is 14.5. The van der Waals surface area contributed by atoms with Gasteiger partial charge in [0.2, 0.25) is 5.96 Å². The van der Waals surface area contributed by atoms with Gasteiger partial charge in [-0.2, -0.15) is 0 Å². The number of hydrogen-bond donors (Lipinski definition) is 4. The van der Waals surface area contributed by atoms with Gasteiger partial charge >= 0.3 is 6.03 Å². The third kappa shape index (κ3) is 7.76. The summed E-state index contributed by atoms with van der Waals surface area (Å²) in [5.74, 6) is 0.939. The van der Waals surface area contributed by atoms with Crippen LogP contribution in [0.1, 0.15) is 94.2 Å². The lowest BCUT2D eigenvalue weighted by Gasteiger charge is -2.36. The third-order valence-electron chi connectivity index (χ3n) is 9.97. The maximum atomic E-state index is 13.6. The zero-order chi connectivity index (χ0) is 33.8. The summed E-state index contributed by atoms with van der Waals surface area (Å²) >= 11 is 0. The van der Waals surface area contributed by atoms with Crippen molar-refractivity contribution >= 4 is 17.7 Å². The highest BCUT2D eigenvalue weighted by Crippen LogP contribution is 2.39. The van der Waals surface area contributed by atoms with Crippen LogP contribution < -0.4 is 20.9 Å². The Morgan fingerprint density at radius 2 is 1.75 bits per heavy atom. The standard InChI is InChI=1S/C38H51N7O3/c1-26-9-7-8-18-44(26)36(40)45-25-29(14-17-35(45)39)48-34-16-15-32(30-10-5-6-11-31(30)34)41-37(46)42-33-23-28(38(2,3)4)13-12-27(33)24-43-19-21-47-22-20-43/h5-6,10-14,17,23,25-26,32,34,39-40H,7-9,15-16,18-22,24H2,1-4H3,(H2,41,42,46)/t26-,32-,34+/m0/s1. The summed E-state index contributed by atoms with van der Waals surface area (Å²) in [7, 11) is 0. The second-order valence-electron chi connectivity index (χ2n) is 14.5. The molecule has 2 saturated heterocycles. The fourth-order valence-electron chi connectivity index (χ4n) is 7.08. The van der Waals surface area contributed by atoms with Crippen LogP contribution >= 0.6 is 0 Å². The van der Waals surface area contributed by atoms with Crippen LogP contribution in [-0.4, -0.2) is 65.2 Å². The quantitative estimate of drug-likeness (QED) is 0.178. The van der Waals surface area contributed by atoms with Crippen LogP contribution in [0.5, 0.6) is 5.75 Å². The number of aromatic nitrogens is 1. The van der Waals surface area contributed by atoms with Gasteiger partial charge in [0.15, 0.2) is 0 Å². The maximum Gasteiger partial charge on any atom is 0.319 e. The second-order valence-corrected chi connectivity index (χ2v) is 14.5. The Hall–Kier alpha value is -4.15. The molecule has 2 aromatic carbocycles. The molecular weight excluding hydrogens is 602 g/mol. The maximum absolute atomic E-state index is 13.6. The minimum atomic E-state index is -0.221. The van der Waals surface area contributed by atoms with Crippen molar-refractivity contribution in [3.63, 3.8) is 0 Å². The number of piperidine rings is 1. The van der Waals surface area contributed by atoms with E-state index in [1.165, 1.54) is 12.0 Å². The van der Waals surface area contributed by atoms with Crippen molar-refractivity contribution < 1.29 is 14.3 Å². The Morgan fingerprint density at radius 3 is 2.50 bits per heavy atom. The fourth-order valence-corrected chi connectivity index (χ4v) is 7.08. The topological polar surface area (TPSA) is 119 Å². The molecule has 0 bridgehead atoms. The first-order valence-corrected chi connectivity index (χ1v) is 17.5. The molecular formula is C38H51N7O3. The summed E-state index contributed by atoms with van der Waals surface area (Å²) in [5.41, 5.74) is 5.40. The number of urea groups is 1. The van der Waals surface area contributed by atoms with E-state index in [4.69, 9.17) is 20.3 Å². The molecule has 10 nitrogen and oxygen atoms in total. The number of pyridine rings is 1. The largest absolute Gasteiger partial charge is 0.484 e. The monoisotopic (exact) mass is 653 g/mol. The molecule has 2 aliphatic heterocycles. The lowest BCUT2D eigenvalue weighted by Crippen LogP contribution is -2.47. The van der Waals surface area contributed by atoms with Gasteiger partial charge < -0.3 is 25.0 Å². The Bertz CT molecular complexity index is 1670. The van der Waals surface area contributed by atoms with E-state index in [0.717, 1.165) is 81.0 Å². The van der Waals surface area contributed by atoms with Crippen molar-refractivity contribution in [1.29, 1.82) is 10.8 Å². The van der Waals surface area contributed by atoms with Crippen LogP contribution in [0, 0.1) is 10.8 Å². The van der Waals surface area contributed by atoms with E-state index in [0.29, 0.717) is 18.1 Å². The number of amides is 2. The molecule has 0 radical (unpaired) electrons. The van der Waals surface area contributed by atoms with Crippen molar-refractivity contribution in [3.8, 4) is 5.75 Å². The molecule has 3 aliphatic rings. The number of nitrogens with zero attached hydrogens (tertiary/aromatic N) is 3. The molecule has 3 atom stereocenters. The predicted octanol–water partition coefficient (Wildman–Crippen LogP) is 6.53. The highest BCUT2D eigenvalue weighted by molar-refractivity contribution is 5.90. The van der Waals surface area contributed by atoms with E-state index in [9.17, 15) is 4.79 Å². The lowest BCUT2D eigenvalue weighted by atomic mass is 9.85. The van der Waals surface area contributed by atoms with Gasteiger partial charge in [-0.1, -0.05) is 57.2 Å². The SMILES string of the molecule is C[C@H]1CCCCN1C(=N)n1cc(O[C@@H]2CC[C@H](NC(=O)Nc3cc(C(C)(C)C)ccc3CN3CCOCC3)c3ccccc32)ccc1=N. The number of anilines is 1. The van der Waals surface area contributed by atoms with Gasteiger partial charge in [0.05, 0.1) is 25.5 Å². The van der Waals surface area contributed by atoms with Crippen LogP contribution in [0.2, 0.25) is 0 Å². The van der Waals surface area contributed by atoms with Gasteiger partial charge in [0.25, 0.3) is 0 Å². The molecule has 3 heterocycles. The molecule has 256 valence electrons. The number of carbonyl (C=O) groups is 1. The number of likely N-dealkylation sites (tertiary alicyclic amines) is 1. The van der Waals surface area contributed by atoms with Crippen molar-refractivity contribution in [2.45, 2.75) is 89.9 Å². The number of fused-ring (bicyclic) bond motifs is 1. The van der Waals surface area contributed by atoms with Crippen molar-refractivity contribution in [2.75, 3.05) is 38.2 Å². The summed E-state index contributed by atoms with van der Waals surface area (Å²) in [4.78, 5) is 18.1. The predicted molar refractivity (Wildman–Crippen MR) is 189 cm³/mol. The average Bonchev–Trinajstić information content (AvgIpc) is 3.07. The van der Waals surface area contributed by atoms with Gasteiger partial charge in [0.1, 0.15) is 17.3 Å². The van der Waals surface area contributed by atoms with E-state index in [2.05, 4.69) is 78.5 Å². The summed E-state index contributed by atoms with van der Waals surface area (Å²) in [6.45, 7) is 13.5. The molecule has 2 fully saturated rings. The molecule has 10 heteroatoms. The molecule has 1 aliphatic carbocycles. The zero-order valence-electron chi connectivity index (χ0n) is 28.9. The highest BCUT2D eigenvalue weighted by Gasteiger charge is 2.30. The molecule has 6 rings (SSSR count). The summed E-state index contributed by atoms with van der Waals surface area (Å²) in [6.07, 6.45) is 6.28. The number of ether oxygens (including phenoxy) is 2. The Labute approximate surface area is 284 Å². The van der Waals surface area contributed by atoms with E-state index in [-0.39, 0.29) is 35.1 Å². The molecule has 1 aromatic heterocycles. The molecule has 48 heavy (non-hydrogen) atoms. The number of rotatable bonds is 6. The van der Waals surface area contributed by atoms with Gasteiger partial charge in [-0.15, -0.1) is 0 Å².